The predicted octanol–water partition coefficient (Wildman–Crippen LogP) is 2.16. The zero-order valence-corrected chi connectivity index (χ0v) is 14.7. The van der Waals surface area contributed by atoms with E-state index in [9.17, 15) is 4.79 Å². The lowest BCUT2D eigenvalue weighted by Crippen LogP contribution is -2.50. The second-order valence-electron chi connectivity index (χ2n) is 6.25. The highest BCUT2D eigenvalue weighted by atomic mass is 16.2. The maximum atomic E-state index is 12.6. The number of amides is 1. The van der Waals surface area contributed by atoms with Crippen LogP contribution in [0.5, 0.6) is 0 Å². The smallest absolute Gasteiger partial charge is 0.247 e. The topological polar surface area (TPSA) is 83.0 Å². The number of piperazine rings is 1. The van der Waals surface area contributed by atoms with Gasteiger partial charge in [0.05, 0.1) is 0 Å². The molecule has 3 heterocycles. The fourth-order valence-corrected chi connectivity index (χ4v) is 3.16. The second kappa shape index (κ2) is 7.82. The average molecular weight is 360 g/mol. The van der Waals surface area contributed by atoms with Crippen molar-refractivity contribution in [2.45, 2.75) is 12.6 Å². The van der Waals surface area contributed by atoms with Crippen molar-refractivity contribution in [3.05, 3.63) is 78.2 Å². The van der Waals surface area contributed by atoms with Crippen molar-refractivity contribution in [1.82, 2.24) is 20.3 Å². The molecule has 2 aromatic heterocycles. The number of rotatable bonds is 5. The van der Waals surface area contributed by atoms with E-state index in [0.717, 1.165) is 16.9 Å². The van der Waals surface area contributed by atoms with Crippen molar-refractivity contribution in [2.75, 3.05) is 23.3 Å². The van der Waals surface area contributed by atoms with Gasteiger partial charge in [-0.05, 0) is 23.3 Å². The Balaban J connectivity index is 1.57. The molecule has 0 radical (unpaired) electrons. The van der Waals surface area contributed by atoms with E-state index < -0.39 is 6.04 Å². The Bertz CT molecular complexity index is 903. The van der Waals surface area contributed by atoms with Gasteiger partial charge in [0.1, 0.15) is 11.9 Å². The standard InChI is InChI=1S/C20H20N6O/c27-19-18(16-6-2-1-3-7-16)26(12-11-22-19)17-8-10-23-20(25-17)24-14-15-5-4-9-21-13-15/h1-10,13,18H,11-12,14H2,(H,22,27)(H,23,24,25). The molecule has 0 saturated carbocycles. The normalized spacial score (nSPS) is 16.7. The minimum absolute atomic E-state index is 0.0177. The molecule has 4 rings (SSSR count). The van der Waals surface area contributed by atoms with E-state index in [4.69, 9.17) is 0 Å². The minimum atomic E-state index is -0.402. The van der Waals surface area contributed by atoms with Crippen LogP contribution in [-0.4, -0.2) is 33.9 Å². The van der Waals surface area contributed by atoms with Crippen LogP contribution < -0.4 is 15.5 Å². The molecule has 1 aliphatic heterocycles. The van der Waals surface area contributed by atoms with Gasteiger partial charge in [-0.3, -0.25) is 9.78 Å². The van der Waals surface area contributed by atoms with E-state index in [1.807, 2.05) is 53.4 Å². The molecular weight excluding hydrogens is 340 g/mol. The van der Waals surface area contributed by atoms with Crippen LogP contribution in [-0.2, 0) is 11.3 Å². The Hall–Kier alpha value is -3.48. The van der Waals surface area contributed by atoms with E-state index in [0.29, 0.717) is 25.6 Å². The molecule has 136 valence electrons. The number of nitrogens with one attached hydrogen (secondary N) is 2. The summed E-state index contributed by atoms with van der Waals surface area (Å²) in [7, 11) is 0. The summed E-state index contributed by atoms with van der Waals surface area (Å²) in [5.41, 5.74) is 1.99. The van der Waals surface area contributed by atoms with E-state index in [-0.39, 0.29) is 5.91 Å². The number of carbonyl (C=O) groups is 1. The van der Waals surface area contributed by atoms with Crippen molar-refractivity contribution in [1.29, 1.82) is 0 Å². The van der Waals surface area contributed by atoms with Crippen LogP contribution in [0, 0.1) is 0 Å². The van der Waals surface area contributed by atoms with E-state index in [1.165, 1.54) is 0 Å². The van der Waals surface area contributed by atoms with Crippen LogP contribution >= 0.6 is 0 Å². The van der Waals surface area contributed by atoms with Gasteiger partial charge in [0.2, 0.25) is 11.9 Å². The number of benzene rings is 1. The molecule has 1 aliphatic rings. The summed E-state index contributed by atoms with van der Waals surface area (Å²) in [4.78, 5) is 27.6. The lowest BCUT2D eigenvalue weighted by Gasteiger charge is -2.36. The fraction of sp³-hybridized carbons (Fsp3) is 0.200. The quantitative estimate of drug-likeness (QED) is 0.726. The van der Waals surface area contributed by atoms with Crippen molar-refractivity contribution in [3.8, 4) is 0 Å². The number of pyridine rings is 1. The molecular formula is C20H20N6O. The molecule has 7 heteroatoms. The number of carbonyl (C=O) groups excluding carboxylic acids is 1. The predicted molar refractivity (Wildman–Crippen MR) is 103 cm³/mol. The molecule has 2 N–H and O–H groups in total. The Morgan fingerprint density at radius 1 is 1.11 bits per heavy atom. The maximum Gasteiger partial charge on any atom is 0.247 e. The van der Waals surface area contributed by atoms with Gasteiger partial charge in [-0.1, -0.05) is 36.4 Å². The molecule has 0 spiro atoms. The van der Waals surface area contributed by atoms with Crippen molar-refractivity contribution in [3.63, 3.8) is 0 Å². The van der Waals surface area contributed by atoms with Gasteiger partial charge in [0.15, 0.2) is 0 Å². The largest absolute Gasteiger partial charge is 0.352 e. The Morgan fingerprint density at radius 3 is 2.81 bits per heavy atom. The first-order valence-corrected chi connectivity index (χ1v) is 8.86. The summed E-state index contributed by atoms with van der Waals surface area (Å²) < 4.78 is 0. The molecule has 0 aliphatic carbocycles. The van der Waals surface area contributed by atoms with Gasteiger partial charge < -0.3 is 15.5 Å². The zero-order valence-electron chi connectivity index (χ0n) is 14.7. The van der Waals surface area contributed by atoms with Crippen LogP contribution in [0.4, 0.5) is 11.8 Å². The van der Waals surface area contributed by atoms with Gasteiger partial charge in [-0.2, -0.15) is 4.98 Å². The number of aromatic nitrogens is 3. The highest BCUT2D eigenvalue weighted by molar-refractivity contribution is 5.87. The molecule has 1 unspecified atom stereocenters. The van der Waals surface area contributed by atoms with Crippen LogP contribution in [0.15, 0.2) is 67.1 Å². The fourth-order valence-electron chi connectivity index (χ4n) is 3.16. The lowest BCUT2D eigenvalue weighted by molar-refractivity contribution is -0.123. The first-order valence-electron chi connectivity index (χ1n) is 8.86. The molecule has 1 fully saturated rings. The Labute approximate surface area is 157 Å². The van der Waals surface area contributed by atoms with Crippen LogP contribution in [0.2, 0.25) is 0 Å². The molecule has 1 aromatic carbocycles. The van der Waals surface area contributed by atoms with Crippen molar-refractivity contribution < 1.29 is 4.79 Å². The first kappa shape index (κ1) is 17.0. The lowest BCUT2D eigenvalue weighted by atomic mass is 10.0. The van der Waals surface area contributed by atoms with Gasteiger partial charge in [-0.25, -0.2) is 4.98 Å². The van der Waals surface area contributed by atoms with E-state index in [2.05, 4.69) is 25.6 Å². The van der Waals surface area contributed by atoms with E-state index in [1.54, 1.807) is 18.6 Å². The number of nitrogens with zero attached hydrogens (tertiary/aromatic N) is 4. The molecule has 3 aromatic rings. The van der Waals surface area contributed by atoms with Crippen LogP contribution in [0.25, 0.3) is 0 Å². The third-order valence-corrected chi connectivity index (χ3v) is 4.44. The van der Waals surface area contributed by atoms with Crippen LogP contribution in [0.3, 0.4) is 0 Å². The molecule has 27 heavy (non-hydrogen) atoms. The first-order chi connectivity index (χ1) is 13.3. The monoisotopic (exact) mass is 360 g/mol. The molecule has 7 nitrogen and oxygen atoms in total. The summed E-state index contributed by atoms with van der Waals surface area (Å²) >= 11 is 0. The molecule has 1 amide bonds. The van der Waals surface area contributed by atoms with Gasteiger partial charge in [-0.15, -0.1) is 0 Å². The second-order valence-corrected chi connectivity index (χ2v) is 6.25. The third-order valence-electron chi connectivity index (χ3n) is 4.44. The number of hydrogen-bond donors (Lipinski definition) is 2. The average Bonchev–Trinajstić information content (AvgIpc) is 2.74. The highest BCUT2D eigenvalue weighted by Gasteiger charge is 2.32. The molecule has 0 bridgehead atoms. The molecule has 1 saturated heterocycles. The maximum absolute atomic E-state index is 12.6. The van der Waals surface area contributed by atoms with Gasteiger partial charge in [0, 0.05) is 38.2 Å². The van der Waals surface area contributed by atoms with Crippen molar-refractivity contribution in [2.24, 2.45) is 0 Å². The summed E-state index contributed by atoms with van der Waals surface area (Å²) in [5, 5.41) is 6.16. The summed E-state index contributed by atoms with van der Waals surface area (Å²) in [5.74, 6) is 1.23. The highest BCUT2D eigenvalue weighted by Crippen LogP contribution is 2.28. The van der Waals surface area contributed by atoms with E-state index >= 15 is 0 Å². The SMILES string of the molecule is O=C1NCCN(c2ccnc(NCc3cccnc3)n2)C1c1ccccc1. The Morgan fingerprint density at radius 2 is 2.00 bits per heavy atom. The number of anilines is 2. The third kappa shape index (κ3) is 3.87. The number of hydrogen-bond acceptors (Lipinski definition) is 6. The zero-order chi connectivity index (χ0) is 18.5. The van der Waals surface area contributed by atoms with Gasteiger partial charge in [0.25, 0.3) is 0 Å². The summed E-state index contributed by atoms with van der Waals surface area (Å²) in [6, 6.07) is 15.1. The Kier molecular flexibility index (Phi) is 4.91. The molecule has 1 atom stereocenters. The van der Waals surface area contributed by atoms with Crippen molar-refractivity contribution >= 4 is 17.7 Å². The minimum Gasteiger partial charge on any atom is -0.352 e. The summed E-state index contributed by atoms with van der Waals surface area (Å²) in [6.07, 6.45) is 5.26. The van der Waals surface area contributed by atoms with Crippen LogP contribution in [0.1, 0.15) is 17.2 Å². The van der Waals surface area contributed by atoms with Gasteiger partial charge >= 0.3 is 0 Å². The summed E-state index contributed by atoms with van der Waals surface area (Å²) in [6.45, 7) is 1.86.